The Morgan fingerprint density at radius 1 is 0.930 bits per heavy atom. The number of fused-ring (bicyclic) bond motifs is 9. The third kappa shape index (κ3) is 4.12. The van der Waals surface area contributed by atoms with Gasteiger partial charge in [0, 0.05) is 21.6 Å². The van der Waals surface area contributed by atoms with Gasteiger partial charge in [-0.15, -0.1) is 11.8 Å². The number of nitrogens with one attached hydrogen (secondary N) is 1. The fourth-order valence-electron chi connectivity index (χ4n) is 8.18. The molecular formula is C34H30N2O5S2. The van der Waals surface area contributed by atoms with Crippen LogP contribution in [-0.4, -0.2) is 29.2 Å². The normalized spacial score (nSPS) is 28.5. The number of imide groups is 1. The van der Waals surface area contributed by atoms with Gasteiger partial charge >= 0.3 is 4.87 Å². The number of carbonyl (C=O) groups excluding carboxylic acids is 2. The summed E-state index contributed by atoms with van der Waals surface area (Å²) in [6, 6.07) is 23.5. The number of anilines is 1. The number of amides is 2. The number of nitrogens with zero attached hydrogens (tertiary/aromatic N) is 1. The Kier molecular flexibility index (Phi) is 6.31. The highest BCUT2D eigenvalue weighted by atomic mass is 32.2. The number of carbonyl (C=O) groups is 2. The maximum atomic E-state index is 14.1. The van der Waals surface area contributed by atoms with Gasteiger partial charge in [0.2, 0.25) is 11.8 Å². The quantitative estimate of drug-likeness (QED) is 0.269. The molecule has 2 saturated carbocycles. The molecule has 0 radical (unpaired) electrons. The van der Waals surface area contributed by atoms with Gasteiger partial charge < -0.3 is 14.5 Å². The van der Waals surface area contributed by atoms with Gasteiger partial charge in [0.25, 0.3) is 0 Å². The number of H-pyrrole nitrogens is 1. The van der Waals surface area contributed by atoms with Crippen LogP contribution in [0.15, 0.2) is 82.6 Å². The van der Waals surface area contributed by atoms with E-state index in [1.165, 1.54) is 21.8 Å². The van der Waals surface area contributed by atoms with E-state index in [2.05, 4.69) is 36.2 Å². The highest BCUT2D eigenvalue weighted by Crippen LogP contribution is 2.69. The van der Waals surface area contributed by atoms with Crippen molar-refractivity contribution in [3.8, 4) is 11.5 Å². The Morgan fingerprint density at radius 2 is 1.70 bits per heavy atom. The topological polar surface area (TPSA) is 88.7 Å². The first-order valence-corrected chi connectivity index (χ1v) is 16.3. The van der Waals surface area contributed by atoms with Crippen LogP contribution in [0.5, 0.6) is 11.5 Å². The second-order valence-electron chi connectivity index (χ2n) is 12.0. The lowest BCUT2D eigenvalue weighted by atomic mass is 9.68. The summed E-state index contributed by atoms with van der Waals surface area (Å²) in [6.45, 7) is 2.50. The number of ether oxygens (including phenoxy) is 2. The summed E-state index contributed by atoms with van der Waals surface area (Å²) in [5, 5.41) is 1.01. The largest absolute Gasteiger partial charge is 0.497 e. The Bertz CT molecular complexity index is 1810. The molecule has 4 aliphatic rings. The lowest BCUT2D eigenvalue weighted by Gasteiger charge is -2.43. The number of thiazole rings is 1. The summed E-state index contributed by atoms with van der Waals surface area (Å²) in [6.07, 6.45) is 0.841. The summed E-state index contributed by atoms with van der Waals surface area (Å²) in [4.78, 5) is 46.1. The average Bonchev–Trinajstić information content (AvgIpc) is 3.75. The highest BCUT2D eigenvalue weighted by Gasteiger charge is 2.69. The van der Waals surface area contributed by atoms with Gasteiger partial charge in [-0.3, -0.25) is 19.3 Å². The monoisotopic (exact) mass is 610 g/mol. The number of thioether (sulfide) groups is 1. The molecule has 1 N–H and O–H groups in total. The van der Waals surface area contributed by atoms with Crippen LogP contribution >= 0.6 is 23.1 Å². The molecule has 9 heteroatoms. The van der Waals surface area contributed by atoms with Crippen molar-refractivity contribution >= 4 is 40.6 Å². The van der Waals surface area contributed by atoms with Crippen molar-refractivity contribution in [3.63, 3.8) is 0 Å². The van der Waals surface area contributed by atoms with Crippen molar-refractivity contribution in [2.75, 3.05) is 12.0 Å². The number of aromatic amines is 1. The summed E-state index contributed by atoms with van der Waals surface area (Å²) in [5.74, 6) is 0.656. The van der Waals surface area contributed by atoms with E-state index in [-0.39, 0.29) is 57.4 Å². The van der Waals surface area contributed by atoms with E-state index < -0.39 is 0 Å². The fourth-order valence-corrected chi connectivity index (χ4v) is 11.1. The summed E-state index contributed by atoms with van der Waals surface area (Å²) < 4.78 is 11.8. The van der Waals surface area contributed by atoms with E-state index >= 15 is 0 Å². The zero-order chi connectivity index (χ0) is 29.4. The van der Waals surface area contributed by atoms with E-state index in [1.54, 1.807) is 43.1 Å². The molecule has 0 spiro atoms. The van der Waals surface area contributed by atoms with Crippen LogP contribution in [0, 0.1) is 36.5 Å². The maximum Gasteiger partial charge on any atom is 0.305 e. The number of para-hydroxylation sites is 1. The molecule has 8 rings (SSSR count). The molecule has 218 valence electrons. The van der Waals surface area contributed by atoms with Crippen LogP contribution in [-0.2, 0) is 16.2 Å². The molecule has 43 heavy (non-hydrogen) atoms. The van der Waals surface area contributed by atoms with Crippen LogP contribution in [0.1, 0.15) is 33.9 Å². The smallest absolute Gasteiger partial charge is 0.305 e. The van der Waals surface area contributed by atoms with E-state index in [0.717, 1.165) is 33.2 Å². The maximum absolute atomic E-state index is 14.1. The summed E-state index contributed by atoms with van der Waals surface area (Å²) in [5.41, 5.74) is 3.90. The molecule has 7 atom stereocenters. The number of rotatable bonds is 6. The zero-order valence-electron chi connectivity index (χ0n) is 23.7. The molecule has 3 fully saturated rings. The van der Waals surface area contributed by atoms with Crippen molar-refractivity contribution in [1.29, 1.82) is 0 Å². The predicted octanol–water partition coefficient (Wildman–Crippen LogP) is 6.01. The van der Waals surface area contributed by atoms with Gasteiger partial charge in [-0.1, -0.05) is 59.4 Å². The Balaban J connectivity index is 1.17. The molecule has 2 aliphatic heterocycles. The number of methoxy groups -OCH3 is 1. The molecule has 1 aromatic heterocycles. The highest BCUT2D eigenvalue weighted by molar-refractivity contribution is 8.00. The first-order chi connectivity index (χ1) is 20.9. The van der Waals surface area contributed by atoms with Gasteiger partial charge in [0.05, 0.1) is 29.7 Å². The standard InChI is InChI=1S/C34H30N2O5S2/c1-17-6-5-7-18(14-17)16-41-24-9-4-3-8-21(24)25-26-22-15-23(29(26)42-31-30(25)43-34(39)35-31)28-27(22)32(37)36(33(28)38)19-10-12-20(40-2)13-11-19/h3-14,22-23,25-29H,15-16H2,1-2H3,(H,35,39)/t22-,23-,25?,26?,27?,28?,29?/m1/s1. The molecule has 7 nitrogen and oxygen atoms in total. The average molecular weight is 611 g/mol. The van der Waals surface area contributed by atoms with Crippen molar-refractivity contribution in [3.05, 3.63) is 104 Å². The Hall–Kier alpha value is -3.82. The van der Waals surface area contributed by atoms with Gasteiger partial charge in [0.1, 0.15) is 18.1 Å². The van der Waals surface area contributed by atoms with Gasteiger partial charge in [-0.05, 0) is 67.0 Å². The number of aryl methyl sites for hydroxylation is 1. The number of hydrogen-bond donors (Lipinski definition) is 1. The molecule has 1 saturated heterocycles. The molecule has 3 heterocycles. The Labute approximate surface area is 257 Å². The summed E-state index contributed by atoms with van der Waals surface area (Å²) >= 11 is 2.96. The van der Waals surface area contributed by atoms with Crippen molar-refractivity contribution in [2.45, 2.75) is 36.1 Å². The molecule has 2 amide bonds. The number of aromatic nitrogens is 1. The van der Waals surface area contributed by atoms with Crippen LogP contribution < -0.4 is 19.2 Å². The molecule has 5 unspecified atom stereocenters. The van der Waals surface area contributed by atoms with Gasteiger partial charge in [-0.2, -0.15) is 0 Å². The fraction of sp³-hybridized carbons (Fsp3) is 0.324. The minimum Gasteiger partial charge on any atom is -0.497 e. The minimum atomic E-state index is -0.360. The van der Waals surface area contributed by atoms with Crippen molar-refractivity contribution in [1.82, 2.24) is 4.98 Å². The minimum absolute atomic E-state index is 0.0346. The van der Waals surface area contributed by atoms with Crippen LogP contribution in [0.2, 0.25) is 0 Å². The molecule has 2 aliphatic carbocycles. The molecular weight excluding hydrogens is 581 g/mol. The lowest BCUT2D eigenvalue weighted by molar-refractivity contribution is -0.123. The van der Waals surface area contributed by atoms with Crippen LogP contribution in [0.3, 0.4) is 0 Å². The van der Waals surface area contributed by atoms with E-state index in [4.69, 9.17) is 9.47 Å². The third-order valence-corrected chi connectivity index (χ3v) is 12.4. The SMILES string of the molecule is COc1ccc(N2C(=O)C3C(C2=O)[C@@H]2C[C@H]3C3Sc4[nH]c(=O)sc4C(c4ccccc4OCc4cccc(C)c4)C32)cc1. The second-order valence-corrected chi connectivity index (χ2v) is 14.2. The van der Waals surface area contributed by atoms with Gasteiger partial charge in [-0.25, -0.2) is 0 Å². The molecule has 4 aromatic rings. The number of benzene rings is 3. The summed E-state index contributed by atoms with van der Waals surface area (Å²) in [7, 11) is 1.59. The van der Waals surface area contributed by atoms with E-state index in [0.29, 0.717) is 18.0 Å². The lowest BCUT2D eigenvalue weighted by Crippen LogP contribution is -2.42. The third-order valence-electron chi connectivity index (χ3n) is 9.79. The number of hydrogen-bond acceptors (Lipinski definition) is 7. The van der Waals surface area contributed by atoms with Crippen LogP contribution in [0.4, 0.5) is 5.69 Å². The zero-order valence-corrected chi connectivity index (χ0v) is 25.3. The first kappa shape index (κ1) is 26.8. The molecule has 2 bridgehead atoms. The van der Waals surface area contributed by atoms with E-state index in [1.807, 2.05) is 24.3 Å². The van der Waals surface area contributed by atoms with Crippen molar-refractivity contribution in [2.24, 2.45) is 29.6 Å². The Morgan fingerprint density at radius 3 is 2.47 bits per heavy atom. The molecule has 3 aromatic carbocycles. The first-order valence-electron chi connectivity index (χ1n) is 14.6. The van der Waals surface area contributed by atoms with Crippen LogP contribution in [0.25, 0.3) is 0 Å². The van der Waals surface area contributed by atoms with E-state index in [9.17, 15) is 14.4 Å². The van der Waals surface area contributed by atoms with Crippen molar-refractivity contribution < 1.29 is 19.1 Å². The van der Waals surface area contributed by atoms with Gasteiger partial charge in [0.15, 0.2) is 0 Å². The predicted molar refractivity (Wildman–Crippen MR) is 166 cm³/mol. The second kappa shape index (κ2) is 10.1.